The minimum Gasteiger partial charge on any atom is -0.466 e. The molecule has 0 saturated heterocycles. The molecule has 0 aromatic carbocycles. The third kappa shape index (κ3) is 3.65. The van der Waals surface area contributed by atoms with E-state index in [1.54, 1.807) is 0 Å². The summed E-state index contributed by atoms with van der Waals surface area (Å²) in [5.74, 6) is -1.16. The third-order valence-electron chi connectivity index (χ3n) is 0.758. The molecule has 0 rings (SSSR count). The van der Waals surface area contributed by atoms with Gasteiger partial charge in [0.1, 0.15) is 0 Å². The van der Waals surface area contributed by atoms with E-state index in [4.69, 9.17) is 0 Å². The summed E-state index contributed by atoms with van der Waals surface area (Å²) in [6.07, 6.45) is 1.98. The third-order valence-corrected chi connectivity index (χ3v) is 0.758. The van der Waals surface area contributed by atoms with Crippen LogP contribution in [-0.4, -0.2) is 26.2 Å². The summed E-state index contributed by atoms with van der Waals surface area (Å²) in [6, 6.07) is 0. The van der Waals surface area contributed by atoms with Gasteiger partial charge in [0.15, 0.2) is 0 Å². The maximum atomic E-state index is 10.3. The zero-order chi connectivity index (χ0) is 7.98. The van der Waals surface area contributed by atoms with Crippen molar-refractivity contribution in [3.05, 3.63) is 12.2 Å². The van der Waals surface area contributed by atoms with Crippen molar-refractivity contribution >= 4 is 11.9 Å². The van der Waals surface area contributed by atoms with E-state index < -0.39 is 11.9 Å². The van der Waals surface area contributed by atoms with Crippen molar-refractivity contribution in [1.29, 1.82) is 0 Å². The van der Waals surface area contributed by atoms with E-state index >= 15 is 0 Å². The van der Waals surface area contributed by atoms with Crippen LogP contribution in [0, 0.1) is 0 Å². The predicted molar refractivity (Wildman–Crippen MR) is 34.3 cm³/mol. The van der Waals surface area contributed by atoms with E-state index in [-0.39, 0.29) is 1.43 Å². The molecular formula is C6H9O4+. The van der Waals surface area contributed by atoms with Crippen molar-refractivity contribution in [1.82, 2.24) is 0 Å². The number of carbonyl (C=O) groups excluding carboxylic acids is 2. The molecule has 0 amide bonds. The van der Waals surface area contributed by atoms with Crippen LogP contribution in [-0.2, 0) is 19.1 Å². The van der Waals surface area contributed by atoms with Gasteiger partial charge in [0.25, 0.3) is 0 Å². The SMILES string of the molecule is COC(=O)/C=C/C(=O)OC.[H+]. The minimum atomic E-state index is -0.578. The largest absolute Gasteiger partial charge is 1.00 e. The Bertz CT molecular complexity index is 146. The van der Waals surface area contributed by atoms with Gasteiger partial charge >= 0.3 is 13.4 Å². The number of ether oxygens (including phenoxy) is 2. The molecule has 0 heterocycles. The monoisotopic (exact) mass is 145 g/mol. The Balaban J connectivity index is 0. The fourth-order valence-corrected chi connectivity index (χ4v) is 0.272. The number of hydrogen-bond acceptors (Lipinski definition) is 4. The lowest BCUT2D eigenvalue weighted by atomic mass is 10.5. The summed E-state index contributed by atoms with van der Waals surface area (Å²) in [7, 11) is 2.45. The minimum absolute atomic E-state index is 0. The second-order valence-electron chi connectivity index (χ2n) is 1.38. The van der Waals surface area contributed by atoms with E-state index in [1.807, 2.05) is 0 Å². The standard InChI is InChI=1S/C6H8O4/c1-9-5(7)3-4-6(8)10-2/h3-4H,1-2H3/p+1/b4-3+. The number of rotatable bonds is 2. The van der Waals surface area contributed by atoms with Gasteiger partial charge in [-0.05, 0) is 0 Å². The topological polar surface area (TPSA) is 52.6 Å². The van der Waals surface area contributed by atoms with E-state index in [1.165, 1.54) is 14.2 Å². The molecule has 0 aliphatic heterocycles. The Morgan fingerprint density at radius 2 is 1.40 bits per heavy atom. The highest BCUT2D eigenvalue weighted by Gasteiger charge is 1.94. The van der Waals surface area contributed by atoms with Gasteiger partial charge < -0.3 is 9.47 Å². The lowest BCUT2D eigenvalue weighted by Crippen LogP contribution is -1.98. The van der Waals surface area contributed by atoms with Crippen LogP contribution in [0.1, 0.15) is 1.43 Å². The Kier molecular flexibility index (Phi) is 3.95. The van der Waals surface area contributed by atoms with Crippen LogP contribution in [0.3, 0.4) is 0 Å². The number of carbonyl (C=O) groups is 2. The van der Waals surface area contributed by atoms with Crippen molar-refractivity contribution in [3.8, 4) is 0 Å². The van der Waals surface area contributed by atoms with Crippen molar-refractivity contribution in [2.24, 2.45) is 0 Å². The second-order valence-corrected chi connectivity index (χ2v) is 1.38. The van der Waals surface area contributed by atoms with Crippen LogP contribution in [0.25, 0.3) is 0 Å². The molecule has 0 atom stereocenters. The van der Waals surface area contributed by atoms with Crippen LogP contribution in [0.5, 0.6) is 0 Å². The molecule has 0 bridgehead atoms. The molecule has 0 aromatic heterocycles. The van der Waals surface area contributed by atoms with Gasteiger partial charge in [-0.15, -0.1) is 0 Å². The average molecular weight is 145 g/mol. The average Bonchev–Trinajstić information content (AvgIpc) is 1.99. The predicted octanol–water partition coefficient (Wildman–Crippen LogP) is 0.00110. The normalized spacial score (nSPS) is 9.40. The van der Waals surface area contributed by atoms with Gasteiger partial charge in [-0.2, -0.15) is 0 Å². The van der Waals surface area contributed by atoms with Crippen LogP contribution in [0.2, 0.25) is 0 Å². The summed E-state index contributed by atoms with van der Waals surface area (Å²) in [4.78, 5) is 20.6. The molecule has 0 unspecified atom stereocenters. The van der Waals surface area contributed by atoms with Gasteiger partial charge in [-0.3, -0.25) is 0 Å². The molecule has 0 N–H and O–H groups in total. The molecule has 0 saturated carbocycles. The zero-order valence-electron chi connectivity index (χ0n) is 6.79. The van der Waals surface area contributed by atoms with Gasteiger partial charge in [-0.25, -0.2) is 9.59 Å². The Morgan fingerprint density at radius 3 is 1.60 bits per heavy atom. The highest BCUT2D eigenvalue weighted by Crippen LogP contribution is 1.80. The van der Waals surface area contributed by atoms with Crippen molar-refractivity contribution in [3.63, 3.8) is 0 Å². The fraction of sp³-hybridized carbons (Fsp3) is 0.333. The van der Waals surface area contributed by atoms with Crippen LogP contribution in [0.15, 0.2) is 12.2 Å². The van der Waals surface area contributed by atoms with Gasteiger partial charge in [0.05, 0.1) is 14.2 Å². The van der Waals surface area contributed by atoms with Crippen LogP contribution in [0.4, 0.5) is 0 Å². The smallest absolute Gasteiger partial charge is 0.466 e. The molecule has 0 aliphatic rings. The quantitative estimate of drug-likeness (QED) is 0.405. The van der Waals surface area contributed by atoms with Crippen molar-refractivity contribution < 1.29 is 20.5 Å². The number of methoxy groups -OCH3 is 2. The first-order valence-electron chi connectivity index (χ1n) is 2.54. The van der Waals surface area contributed by atoms with Crippen LogP contribution < -0.4 is 0 Å². The number of esters is 2. The first kappa shape index (κ1) is 8.68. The molecule has 10 heavy (non-hydrogen) atoms. The number of hydrogen-bond donors (Lipinski definition) is 0. The molecule has 56 valence electrons. The lowest BCUT2D eigenvalue weighted by molar-refractivity contribution is -0.137. The molecule has 0 spiro atoms. The van der Waals surface area contributed by atoms with Gasteiger partial charge in [-0.1, -0.05) is 0 Å². The van der Waals surface area contributed by atoms with Gasteiger partial charge in [0, 0.05) is 12.2 Å². The van der Waals surface area contributed by atoms with E-state index in [0.29, 0.717) is 0 Å². The lowest BCUT2D eigenvalue weighted by Gasteiger charge is -1.89. The Hall–Kier alpha value is -1.32. The Labute approximate surface area is 59.9 Å². The molecule has 4 heteroatoms. The zero-order valence-corrected chi connectivity index (χ0v) is 5.79. The fourth-order valence-electron chi connectivity index (χ4n) is 0.272. The maximum Gasteiger partial charge on any atom is 1.00 e. The summed E-state index contributed by atoms with van der Waals surface area (Å²) < 4.78 is 8.42. The van der Waals surface area contributed by atoms with Crippen molar-refractivity contribution in [2.75, 3.05) is 14.2 Å². The van der Waals surface area contributed by atoms with Gasteiger partial charge in [0.2, 0.25) is 0 Å². The second kappa shape index (κ2) is 4.55. The summed E-state index contributed by atoms with van der Waals surface area (Å²) in [5.41, 5.74) is 0. The molecular weight excluding hydrogens is 136 g/mol. The van der Waals surface area contributed by atoms with E-state index in [9.17, 15) is 9.59 Å². The molecule has 0 fully saturated rings. The Morgan fingerprint density at radius 1 is 1.10 bits per heavy atom. The summed E-state index contributed by atoms with van der Waals surface area (Å²) in [6.45, 7) is 0. The summed E-state index contributed by atoms with van der Waals surface area (Å²) in [5, 5.41) is 0. The van der Waals surface area contributed by atoms with Crippen LogP contribution >= 0.6 is 0 Å². The molecule has 0 radical (unpaired) electrons. The first-order valence-corrected chi connectivity index (χ1v) is 2.54. The highest BCUT2D eigenvalue weighted by molar-refractivity contribution is 5.91. The molecule has 0 aliphatic carbocycles. The molecule has 0 aromatic rings. The molecule has 4 nitrogen and oxygen atoms in total. The van der Waals surface area contributed by atoms with E-state index in [0.717, 1.165) is 12.2 Å². The summed E-state index contributed by atoms with van der Waals surface area (Å²) >= 11 is 0. The highest BCUT2D eigenvalue weighted by atomic mass is 16.5. The van der Waals surface area contributed by atoms with Crippen molar-refractivity contribution in [2.45, 2.75) is 0 Å². The first-order chi connectivity index (χ1) is 4.70. The maximum absolute atomic E-state index is 10.3. The van der Waals surface area contributed by atoms with E-state index in [2.05, 4.69) is 9.47 Å².